The molecule has 0 bridgehead atoms. The molecule has 11 heavy (non-hydrogen) atoms. The highest BCUT2D eigenvalue weighted by atomic mass is 16.4. The van der Waals surface area contributed by atoms with Gasteiger partial charge in [-0.3, -0.25) is 4.79 Å². The smallest absolute Gasteiger partial charge is 0.377 e. The zero-order chi connectivity index (χ0) is 12.6. The monoisotopic (exact) mass is 155 g/mol. The highest BCUT2D eigenvalue weighted by Crippen LogP contribution is 1.98. The van der Waals surface area contributed by atoms with Crippen LogP contribution in [0.15, 0.2) is 30.2 Å². The second-order valence-corrected chi connectivity index (χ2v) is 1.63. The fourth-order valence-electron chi connectivity index (χ4n) is 0.470. The number of hydrogen-bond donors (Lipinski definition) is 1. The molecule has 0 saturated carbocycles. The summed E-state index contributed by atoms with van der Waals surface area (Å²) < 4.78 is 36.3. The van der Waals surface area contributed by atoms with Crippen LogP contribution < -0.4 is 0 Å². The molecule has 0 aromatic heterocycles. The summed E-state index contributed by atoms with van der Waals surface area (Å²) in [6.45, 7) is 0. The quantitative estimate of drug-likeness (QED) is 0.511. The molecule has 0 amide bonds. The molecular weight excluding hydrogens is 144 g/mol. The lowest BCUT2D eigenvalue weighted by Crippen LogP contribution is -2.12. The number of aliphatic carboxylic acids is 1. The number of hydrogen-bond acceptors (Lipinski definition) is 2. The Morgan fingerprint density at radius 2 is 1.82 bits per heavy atom. The molecule has 1 aromatic rings. The predicted molar refractivity (Wildman–Crippen MR) is 38.4 cm³/mol. The topological polar surface area (TPSA) is 54.4 Å². The lowest BCUT2D eigenvalue weighted by atomic mass is 10.1. The second kappa shape index (κ2) is 2.96. The van der Waals surface area contributed by atoms with E-state index in [2.05, 4.69) is 0 Å². The fourth-order valence-corrected chi connectivity index (χ4v) is 0.470. The van der Waals surface area contributed by atoms with E-state index in [0.717, 1.165) is 0 Å². The summed E-state index contributed by atoms with van der Waals surface area (Å²) in [5.74, 6) is -3.38. The molecule has 1 N–H and O–H groups in total. The number of carbonyl (C=O) groups excluding carboxylic acids is 1. The van der Waals surface area contributed by atoms with Crippen molar-refractivity contribution in [2.24, 2.45) is 0 Å². The zero-order valence-electron chi connectivity index (χ0n) is 10.3. The minimum atomic E-state index is -1.86. The summed E-state index contributed by atoms with van der Waals surface area (Å²) in [6, 6.07) is -3.75. The van der Waals surface area contributed by atoms with Crippen LogP contribution in [0.25, 0.3) is 0 Å². The van der Waals surface area contributed by atoms with Crippen LogP contribution in [-0.4, -0.2) is 16.9 Å². The number of Topliss-reactive ketones (excluding diaryl/α,β-unsaturated/α-hetero) is 1. The average Bonchev–Trinajstić information content (AvgIpc) is 2.23. The highest BCUT2D eigenvalue weighted by Gasteiger charge is 2.12. The Balaban J connectivity index is 3.64. The van der Waals surface area contributed by atoms with Crippen molar-refractivity contribution in [3.05, 3.63) is 35.8 Å². The minimum absolute atomic E-state index is 0.670. The first-order valence-corrected chi connectivity index (χ1v) is 2.63. The number of carboxylic acid groups (broad SMARTS) is 1. The zero-order valence-corrected chi connectivity index (χ0v) is 5.26. The minimum Gasteiger partial charge on any atom is -0.475 e. The molecule has 0 atom stereocenters. The molecule has 0 saturated heterocycles. The average molecular weight is 155 g/mol. The SMILES string of the molecule is [2H]c1c([2H])c([2H])c(C(=O)C(=O)O)c([2H])c1[2H]. The lowest BCUT2D eigenvalue weighted by molar-refractivity contribution is -0.131. The highest BCUT2D eigenvalue weighted by molar-refractivity contribution is 6.39. The molecule has 3 nitrogen and oxygen atoms in total. The van der Waals surface area contributed by atoms with Crippen molar-refractivity contribution >= 4 is 11.8 Å². The summed E-state index contributed by atoms with van der Waals surface area (Å²) in [4.78, 5) is 21.6. The van der Waals surface area contributed by atoms with Gasteiger partial charge in [0.25, 0.3) is 5.78 Å². The van der Waals surface area contributed by atoms with Gasteiger partial charge in [0.15, 0.2) is 0 Å². The number of carboxylic acids is 1. The van der Waals surface area contributed by atoms with E-state index in [0.29, 0.717) is 0 Å². The predicted octanol–water partition coefficient (Wildman–Crippen LogP) is 0.954. The maximum Gasteiger partial charge on any atom is 0.377 e. The number of carbonyl (C=O) groups is 2. The third kappa shape index (κ3) is 1.64. The molecule has 0 fully saturated rings. The van der Waals surface area contributed by atoms with E-state index < -0.39 is 47.5 Å². The summed E-state index contributed by atoms with van der Waals surface area (Å²) in [6.07, 6.45) is 0. The van der Waals surface area contributed by atoms with Crippen molar-refractivity contribution in [3.63, 3.8) is 0 Å². The molecule has 0 aliphatic carbocycles. The Morgan fingerprint density at radius 3 is 2.27 bits per heavy atom. The Hall–Kier alpha value is -1.64. The van der Waals surface area contributed by atoms with Crippen LogP contribution in [0, 0.1) is 0 Å². The van der Waals surface area contributed by atoms with Crippen molar-refractivity contribution in [2.75, 3.05) is 0 Å². The first-order chi connectivity index (χ1) is 7.29. The van der Waals surface area contributed by atoms with Crippen LogP contribution >= 0.6 is 0 Å². The summed E-state index contributed by atoms with van der Waals surface area (Å²) in [5, 5.41) is 8.45. The fraction of sp³-hybridized carbons (Fsp3) is 0. The first kappa shape index (κ1) is 3.17. The van der Waals surface area contributed by atoms with Crippen LogP contribution in [0.3, 0.4) is 0 Å². The van der Waals surface area contributed by atoms with E-state index in [1.165, 1.54) is 0 Å². The van der Waals surface area contributed by atoms with Crippen molar-refractivity contribution in [3.8, 4) is 0 Å². The van der Waals surface area contributed by atoms with Crippen molar-refractivity contribution < 1.29 is 21.5 Å². The molecule has 0 aliphatic heterocycles. The van der Waals surface area contributed by atoms with Crippen LogP contribution in [0.5, 0.6) is 0 Å². The normalized spacial score (nSPS) is 15.5. The van der Waals surface area contributed by atoms with Gasteiger partial charge in [0.2, 0.25) is 0 Å². The van der Waals surface area contributed by atoms with E-state index >= 15 is 0 Å². The van der Waals surface area contributed by atoms with Crippen molar-refractivity contribution in [1.29, 1.82) is 0 Å². The Labute approximate surface area is 70.3 Å². The molecule has 1 rings (SSSR count). The third-order valence-corrected chi connectivity index (χ3v) is 0.921. The molecule has 0 unspecified atom stereocenters. The second-order valence-electron chi connectivity index (χ2n) is 1.63. The van der Waals surface area contributed by atoms with E-state index in [9.17, 15) is 9.59 Å². The summed E-state index contributed by atoms with van der Waals surface area (Å²) in [5.41, 5.74) is -0.821. The lowest BCUT2D eigenvalue weighted by Gasteiger charge is -1.91. The Morgan fingerprint density at radius 1 is 1.27 bits per heavy atom. The summed E-state index contributed by atoms with van der Waals surface area (Å²) in [7, 11) is 0. The van der Waals surface area contributed by atoms with Crippen LogP contribution in [0.2, 0.25) is 0 Å². The molecule has 56 valence electrons. The molecule has 0 heterocycles. The van der Waals surface area contributed by atoms with E-state index in [-0.39, 0.29) is 0 Å². The van der Waals surface area contributed by atoms with Gasteiger partial charge in [-0.2, -0.15) is 0 Å². The maximum atomic E-state index is 11.1. The number of ketones is 1. The molecule has 1 aromatic carbocycles. The van der Waals surface area contributed by atoms with Crippen molar-refractivity contribution in [1.82, 2.24) is 0 Å². The van der Waals surface area contributed by atoms with Gasteiger partial charge in [0.05, 0.1) is 6.85 Å². The molecular formula is C8H6O3. The van der Waals surface area contributed by atoms with Gasteiger partial charge in [-0.05, 0) is 0 Å². The number of rotatable bonds is 2. The molecule has 0 aliphatic rings. The standard InChI is InChI=1S/C8H6O3/c9-7(8(10)11)6-4-2-1-3-5-6/h1-5H,(H,10,11)/i1D,2D,3D,4D,5D. The maximum absolute atomic E-state index is 11.1. The molecule has 3 heteroatoms. The van der Waals surface area contributed by atoms with Crippen molar-refractivity contribution in [2.45, 2.75) is 0 Å². The number of benzene rings is 1. The molecule has 0 radical (unpaired) electrons. The Kier molecular flexibility index (Phi) is 0.855. The van der Waals surface area contributed by atoms with Gasteiger partial charge in [-0.25, -0.2) is 4.79 Å². The van der Waals surface area contributed by atoms with E-state index in [4.69, 9.17) is 12.0 Å². The van der Waals surface area contributed by atoms with Gasteiger partial charge in [0.1, 0.15) is 0 Å². The van der Waals surface area contributed by atoms with Crippen LogP contribution in [0.4, 0.5) is 0 Å². The summed E-state index contributed by atoms with van der Waals surface area (Å²) >= 11 is 0. The largest absolute Gasteiger partial charge is 0.475 e. The van der Waals surface area contributed by atoms with Gasteiger partial charge in [0, 0.05) is 5.56 Å². The van der Waals surface area contributed by atoms with Crippen LogP contribution in [-0.2, 0) is 4.79 Å². The molecule has 0 spiro atoms. The van der Waals surface area contributed by atoms with E-state index in [1.807, 2.05) is 0 Å². The Bertz CT molecular complexity index is 468. The van der Waals surface area contributed by atoms with Gasteiger partial charge < -0.3 is 5.11 Å². The van der Waals surface area contributed by atoms with Gasteiger partial charge >= 0.3 is 5.97 Å². The first-order valence-electron chi connectivity index (χ1n) is 5.13. The van der Waals surface area contributed by atoms with Gasteiger partial charge in [-0.1, -0.05) is 30.2 Å². The van der Waals surface area contributed by atoms with Crippen LogP contribution in [0.1, 0.15) is 17.2 Å². The van der Waals surface area contributed by atoms with Gasteiger partial charge in [-0.15, -0.1) is 0 Å². The van der Waals surface area contributed by atoms with E-state index in [1.54, 1.807) is 0 Å². The third-order valence-electron chi connectivity index (χ3n) is 0.921.